The van der Waals surface area contributed by atoms with E-state index < -0.39 is 0 Å². The number of fused-ring (bicyclic) bond motifs is 1. The molecule has 4 nitrogen and oxygen atoms in total. The quantitative estimate of drug-likeness (QED) is 0.800. The zero-order chi connectivity index (χ0) is 9.97. The number of benzene rings is 1. The van der Waals surface area contributed by atoms with Crippen LogP contribution in [-0.4, -0.2) is 18.3 Å². The van der Waals surface area contributed by atoms with E-state index in [1.54, 1.807) is 0 Å². The van der Waals surface area contributed by atoms with Gasteiger partial charge in [-0.2, -0.15) is 0 Å². The number of ether oxygens (including phenoxy) is 1. The molecule has 2 N–H and O–H groups in total. The first-order valence-electron chi connectivity index (χ1n) is 4.51. The predicted molar refractivity (Wildman–Crippen MR) is 53.3 cm³/mol. The molecule has 0 amide bonds. The third-order valence-corrected chi connectivity index (χ3v) is 2.02. The summed E-state index contributed by atoms with van der Waals surface area (Å²) in [4.78, 5) is 0. The smallest absolute Gasteiger partial charge is 0.262 e. The number of aromatic nitrogens is 1. The lowest BCUT2D eigenvalue weighted by Crippen LogP contribution is -2.10. The molecular weight excluding hydrogens is 180 g/mol. The molecular formula is C10H12N2O2. The highest BCUT2D eigenvalue weighted by atomic mass is 16.5. The van der Waals surface area contributed by atoms with Crippen LogP contribution in [0.1, 0.15) is 5.56 Å². The van der Waals surface area contributed by atoms with Gasteiger partial charge >= 0.3 is 0 Å². The normalized spacial score (nSPS) is 10.7. The van der Waals surface area contributed by atoms with E-state index >= 15 is 0 Å². The Kier molecular flexibility index (Phi) is 2.37. The fourth-order valence-corrected chi connectivity index (χ4v) is 1.34. The summed E-state index contributed by atoms with van der Waals surface area (Å²) in [6.45, 7) is 2.90. The number of hydrogen-bond donors (Lipinski definition) is 1. The molecule has 0 spiro atoms. The Bertz CT molecular complexity index is 437. The van der Waals surface area contributed by atoms with Gasteiger partial charge in [0.2, 0.25) is 0 Å². The zero-order valence-corrected chi connectivity index (χ0v) is 7.99. The van der Waals surface area contributed by atoms with E-state index in [9.17, 15) is 0 Å². The fourth-order valence-electron chi connectivity index (χ4n) is 1.34. The molecule has 74 valence electrons. The topological polar surface area (TPSA) is 61.3 Å². The van der Waals surface area contributed by atoms with E-state index in [-0.39, 0.29) is 0 Å². The van der Waals surface area contributed by atoms with Crippen LogP contribution in [0, 0.1) is 6.92 Å². The maximum atomic E-state index is 5.34. The van der Waals surface area contributed by atoms with Crippen molar-refractivity contribution in [2.24, 2.45) is 5.73 Å². The summed E-state index contributed by atoms with van der Waals surface area (Å²) in [5.41, 5.74) is 7.17. The van der Waals surface area contributed by atoms with Gasteiger partial charge in [0.1, 0.15) is 6.61 Å². The molecule has 0 saturated carbocycles. The molecule has 2 aromatic rings. The average molecular weight is 192 g/mol. The molecule has 1 heterocycles. The van der Waals surface area contributed by atoms with Crippen LogP contribution in [0.15, 0.2) is 22.7 Å². The van der Waals surface area contributed by atoms with Crippen LogP contribution >= 0.6 is 0 Å². The van der Waals surface area contributed by atoms with Crippen molar-refractivity contribution in [3.63, 3.8) is 0 Å². The summed E-state index contributed by atoms with van der Waals surface area (Å²) in [5.74, 6) is 0.522. The van der Waals surface area contributed by atoms with Crippen LogP contribution < -0.4 is 10.5 Å². The molecule has 4 heteroatoms. The molecule has 1 aromatic carbocycles. The Balaban J connectivity index is 2.42. The summed E-state index contributed by atoms with van der Waals surface area (Å²) >= 11 is 0. The number of rotatable bonds is 3. The Morgan fingerprint density at radius 1 is 1.50 bits per heavy atom. The second-order valence-corrected chi connectivity index (χ2v) is 3.08. The number of nitrogens with two attached hydrogens (primary N) is 1. The molecule has 0 saturated heterocycles. The van der Waals surface area contributed by atoms with Crippen molar-refractivity contribution in [3.8, 4) is 5.88 Å². The number of para-hydroxylation sites is 1. The van der Waals surface area contributed by atoms with Crippen LogP contribution in [0.3, 0.4) is 0 Å². The average Bonchev–Trinajstić information content (AvgIpc) is 2.60. The van der Waals surface area contributed by atoms with E-state index in [1.165, 1.54) is 0 Å². The minimum Gasteiger partial charge on any atom is -0.474 e. The predicted octanol–water partition coefficient (Wildman–Crippen LogP) is 1.47. The van der Waals surface area contributed by atoms with Gasteiger partial charge in [-0.3, -0.25) is 0 Å². The number of hydrogen-bond acceptors (Lipinski definition) is 4. The van der Waals surface area contributed by atoms with Crippen molar-refractivity contribution in [3.05, 3.63) is 23.8 Å². The van der Waals surface area contributed by atoms with Crippen molar-refractivity contribution < 1.29 is 9.26 Å². The van der Waals surface area contributed by atoms with Crippen molar-refractivity contribution in [2.75, 3.05) is 13.2 Å². The Morgan fingerprint density at radius 3 is 3.14 bits per heavy atom. The van der Waals surface area contributed by atoms with Crippen molar-refractivity contribution in [1.29, 1.82) is 0 Å². The second-order valence-electron chi connectivity index (χ2n) is 3.08. The van der Waals surface area contributed by atoms with Gasteiger partial charge in [0.05, 0.1) is 5.39 Å². The highest BCUT2D eigenvalue weighted by Crippen LogP contribution is 2.26. The van der Waals surface area contributed by atoms with Gasteiger partial charge in [0, 0.05) is 6.54 Å². The summed E-state index contributed by atoms with van der Waals surface area (Å²) in [5, 5.41) is 4.74. The molecule has 2 rings (SSSR count). The number of aryl methyl sites for hydroxylation is 1. The van der Waals surface area contributed by atoms with Gasteiger partial charge in [0.25, 0.3) is 5.88 Å². The van der Waals surface area contributed by atoms with Gasteiger partial charge < -0.3 is 15.0 Å². The van der Waals surface area contributed by atoms with Gasteiger partial charge in [0.15, 0.2) is 5.58 Å². The zero-order valence-electron chi connectivity index (χ0n) is 7.99. The standard InChI is InChI=1S/C10H12N2O2/c1-7-3-2-4-8-9(7)14-12-10(8)13-6-5-11/h2-4H,5-6,11H2,1H3. The van der Waals surface area contributed by atoms with Crippen LogP contribution in [-0.2, 0) is 0 Å². The van der Waals surface area contributed by atoms with E-state index in [1.807, 2.05) is 25.1 Å². The summed E-state index contributed by atoms with van der Waals surface area (Å²) in [6, 6.07) is 5.84. The Labute approximate surface area is 81.6 Å². The monoisotopic (exact) mass is 192 g/mol. The molecule has 0 atom stereocenters. The molecule has 0 bridgehead atoms. The molecule has 0 aliphatic heterocycles. The summed E-state index contributed by atoms with van der Waals surface area (Å²) in [6.07, 6.45) is 0. The van der Waals surface area contributed by atoms with Crippen molar-refractivity contribution in [1.82, 2.24) is 5.16 Å². The van der Waals surface area contributed by atoms with E-state index in [2.05, 4.69) is 5.16 Å². The maximum Gasteiger partial charge on any atom is 0.262 e. The Hall–Kier alpha value is -1.55. The van der Waals surface area contributed by atoms with Crippen molar-refractivity contribution >= 4 is 11.0 Å². The third kappa shape index (κ3) is 1.44. The van der Waals surface area contributed by atoms with Crippen LogP contribution in [0.25, 0.3) is 11.0 Å². The lowest BCUT2D eigenvalue weighted by Gasteiger charge is -1.98. The van der Waals surface area contributed by atoms with Crippen LogP contribution in [0.4, 0.5) is 0 Å². The highest BCUT2D eigenvalue weighted by Gasteiger charge is 2.09. The molecule has 0 aliphatic carbocycles. The minimum absolute atomic E-state index is 0.454. The second kappa shape index (κ2) is 3.67. The van der Waals surface area contributed by atoms with Crippen LogP contribution in [0.2, 0.25) is 0 Å². The van der Waals surface area contributed by atoms with Gasteiger partial charge in [-0.1, -0.05) is 12.1 Å². The first-order valence-corrected chi connectivity index (χ1v) is 4.51. The first kappa shape index (κ1) is 9.02. The molecule has 14 heavy (non-hydrogen) atoms. The van der Waals surface area contributed by atoms with Crippen molar-refractivity contribution in [2.45, 2.75) is 6.92 Å². The third-order valence-electron chi connectivity index (χ3n) is 2.02. The summed E-state index contributed by atoms with van der Waals surface area (Å²) < 4.78 is 10.5. The number of nitrogens with zero attached hydrogens (tertiary/aromatic N) is 1. The van der Waals surface area contributed by atoms with Crippen LogP contribution in [0.5, 0.6) is 5.88 Å². The van der Waals surface area contributed by atoms with Gasteiger partial charge in [-0.05, 0) is 23.7 Å². The lowest BCUT2D eigenvalue weighted by molar-refractivity contribution is 0.293. The molecule has 0 fully saturated rings. The van der Waals surface area contributed by atoms with E-state index in [4.69, 9.17) is 15.0 Å². The maximum absolute atomic E-state index is 5.34. The summed E-state index contributed by atoms with van der Waals surface area (Å²) in [7, 11) is 0. The molecule has 0 aliphatic rings. The fraction of sp³-hybridized carbons (Fsp3) is 0.300. The SMILES string of the molecule is Cc1cccc2c(OCCN)noc12. The molecule has 1 aromatic heterocycles. The highest BCUT2D eigenvalue weighted by molar-refractivity contribution is 5.84. The minimum atomic E-state index is 0.454. The largest absolute Gasteiger partial charge is 0.474 e. The lowest BCUT2D eigenvalue weighted by atomic mass is 10.2. The first-order chi connectivity index (χ1) is 6.83. The van der Waals surface area contributed by atoms with Gasteiger partial charge in [-0.25, -0.2) is 0 Å². The molecule has 0 unspecified atom stereocenters. The Morgan fingerprint density at radius 2 is 2.36 bits per heavy atom. The van der Waals surface area contributed by atoms with E-state index in [0.717, 1.165) is 16.5 Å². The van der Waals surface area contributed by atoms with E-state index in [0.29, 0.717) is 19.0 Å². The molecule has 0 radical (unpaired) electrons. The van der Waals surface area contributed by atoms with Gasteiger partial charge in [-0.15, -0.1) is 0 Å².